The second kappa shape index (κ2) is 9.15. The summed E-state index contributed by atoms with van der Waals surface area (Å²) in [6.45, 7) is 11.9. The van der Waals surface area contributed by atoms with Crippen molar-refractivity contribution in [3.05, 3.63) is 0 Å². The van der Waals surface area contributed by atoms with Crippen LogP contribution < -0.4 is 10.6 Å². The van der Waals surface area contributed by atoms with Crippen molar-refractivity contribution in [2.24, 2.45) is 10.8 Å². The summed E-state index contributed by atoms with van der Waals surface area (Å²) in [5.41, 5.74) is -2.80. The number of hydrogen-bond acceptors (Lipinski definition) is 4. The molecule has 2 atom stereocenters. The third-order valence-electron chi connectivity index (χ3n) is 7.00. The van der Waals surface area contributed by atoms with E-state index in [4.69, 9.17) is 0 Å². The zero-order valence-corrected chi connectivity index (χ0v) is 19.9. The van der Waals surface area contributed by atoms with E-state index in [-0.39, 0.29) is 0 Å². The van der Waals surface area contributed by atoms with Crippen molar-refractivity contribution in [3.63, 3.8) is 0 Å². The van der Waals surface area contributed by atoms with Crippen molar-refractivity contribution < 1.29 is 19.8 Å². The molecule has 2 saturated carbocycles. The molecule has 2 aliphatic carbocycles. The molecule has 0 aromatic heterocycles. The predicted octanol–water partition coefficient (Wildman–Crippen LogP) is 3.44. The summed E-state index contributed by atoms with van der Waals surface area (Å²) in [5, 5.41) is 28.2. The number of aliphatic hydroxyl groups is 2. The molecule has 0 aromatic rings. The zero-order valence-electron chi connectivity index (χ0n) is 19.9. The summed E-state index contributed by atoms with van der Waals surface area (Å²) >= 11 is 0. The molecular weight excluding hydrogens is 380 g/mol. The van der Waals surface area contributed by atoms with Crippen LogP contribution in [0.15, 0.2) is 0 Å². The first-order valence-corrected chi connectivity index (χ1v) is 11.8. The highest BCUT2D eigenvalue weighted by molar-refractivity contribution is 6.35. The van der Waals surface area contributed by atoms with Gasteiger partial charge in [0.25, 0.3) is 0 Å². The molecule has 2 aliphatic rings. The SMILES string of the molecule is CC(C)(C)C(NC(=O)C(=O)NC(C(C)(C)C)C1(O)CCCCC1)C1(O)CCCCC1. The van der Waals surface area contributed by atoms with Crippen LogP contribution in [-0.4, -0.2) is 45.3 Å². The van der Waals surface area contributed by atoms with Gasteiger partial charge in [0.2, 0.25) is 0 Å². The normalized spacial score (nSPS) is 23.9. The van der Waals surface area contributed by atoms with Gasteiger partial charge in [-0.05, 0) is 36.5 Å². The van der Waals surface area contributed by atoms with Gasteiger partial charge in [-0.25, -0.2) is 0 Å². The summed E-state index contributed by atoms with van der Waals surface area (Å²) in [5.74, 6) is -1.47. The number of nitrogens with one attached hydrogen (secondary N) is 2. The van der Waals surface area contributed by atoms with Crippen molar-refractivity contribution in [2.75, 3.05) is 0 Å². The van der Waals surface area contributed by atoms with Gasteiger partial charge < -0.3 is 20.8 Å². The minimum Gasteiger partial charge on any atom is -0.388 e. The van der Waals surface area contributed by atoms with Crippen molar-refractivity contribution in [1.29, 1.82) is 0 Å². The minimum absolute atomic E-state index is 0.396. The van der Waals surface area contributed by atoms with E-state index in [1.165, 1.54) is 0 Å². The molecule has 2 unspecified atom stereocenters. The summed E-state index contributed by atoms with van der Waals surface area (Å²) in [7, 11) is 0. The van der Waals surface area contributed by atoms with Crippen LogP contribution in [-0.2, 0) is 9.59 Å². The second-order valence-electron chi connectivity index (χ2n) is 11.9. The molecule has 30 heavy (non-hydrogen) atoms. The molecule has 2 amide bonds. The van der Waals surface area contributed by atoms with E-state index in [0.29, 0.717) is 25.7 Å². The lowest BCUT2D eigenvalue weighted by Crippen LogP contribution is -2.64. The predicted molar refractivity (Wildman–Crippen MR) is 119 cm³/mol. The highest BCUT2D eigenvalue weighted by Crippen LogP contribution is 2.39. The van der Waals surface area contributed by atoms with E-state index >= 15 is 0 Å². The van der Waals surface area contributed by atoms with Crippen LogP contribution in [0, 0.1) is 10.8 Å². The fraction of sp³-hybridized carbons (Fsp3) is 0.917. The standard InChI is InChI=1S/C24H44N2O4/c1-21(2,3)19(23(29)13-9-7-10-14-23)25-17(27)18(28)26-20(22(4,5)6)24(30)15-11-8-12-16-24/h19-20,29-30H,7-16H2,1-6H3,(H,25,27)(H,26,28). The summed E-state index contributed by atoms with van der Waals surface area (Å²) in [4.78, 5) is 25.8. The van der Waals surface area contributed by atoms with Gasteiger partial charge in [-0.3, -0.25) is 9.59 Å². The molecule has 0 radical (unpaired) electrons. The molecular formula is C24H44N2O4. The quantitative estimate of drug-likeness (QED) is 0.520. The average Bonchev–Trinajstić information content (AvgIpc) is 2.62. The van der Waals surface area contributed by atoms with Crippen molar-refractivity contribution in [2.45, 2.75) is 129 Å². The van der Waals surface area contributed by atoms with E-state index in [1.54, 1.807) is 0 Å². The van der Waals surface area contributed by atoms with Crippen LogP contribution in [0.25, 0.3) is 0 Å². The highest BCUT2D eigenvalue weighted by Gasteiger charge is 2.48. The molecule has 2 fully saturated rings. The molecule has 0 heterocycles. The maximum absolute atomic E-state index is 12.9. The van der Waals surface area contributed by atoms with Gasteiger partial charge >= 0.3 is 11.8 Å². The largest absolute Gasteiger partial charge is 0.388 e. The number of carbonyl (C=O) groups excluding carboxylic acids is 2. The fourth-order valence-corrected chi connectivity index (χ4v) is 5.61. The Morgan fingerprint density at radius 1 is 0.633 bits per heavy atom. The van der Waals surface area contributed by atoms with Gasteiger partial charge in [0, 0.05) is 0 Å². The Bertz CT molecular complexity index is 552. The van der Waals surface area contributed by atoms with Crippen LogP contribution in [0.2, 0.25) is 0 Å². The van der Waals surface area contributed by atoms with Crippen molar-refractivity contribution in [3.8, 4) is 0 Å². The van der Waals surface area contributed by atoms with Crippen molar-refractivity contribution >= 4 is 11.8 Å². The van der Waals surface area contributed by atoms with E-state index in [2.05, 4.69) is 10.6 Å². The van der Waals surface area contributed by atoms with Gasteiger partial charge in [-0.1, -0.05) is 80.1 Å². The average molecular weight is 425 g/mol. The van der Waals surface area contributed by atoms with Gasteiger partial charge in [-0.2, -0.15) is 0 Å². The molecule has 4 N–H and O–H groups in total. The van der Waals surface area contributed by atoms with Crippen molar-refractivity contribution in [1.82, 2.24) is 10.6 Å². The summed E-state index contributed by atoms with van der Waals surface area (Å²) in [6.07, 6.45) is 8.35. The Morgan fingerprint density at radius 2 is 0.900 bits per heavy atom. The molecule has 6 nitrogen and oxygen atoms in total. The maximum atomic E-state index is 12.9. The Hall–Kier alpha value is -1.14. The molecule has 0 saturated heterocycles. The summed E-state index contributed by atoms with van der Waals surface area (Å²) < 4.78 is 0. The van der Waals surface area contributed by atoms with E-state index in [1.807, 2.05) is 41.5 Å². The Labute approximate surface area is 182 Å². The first-order chi connectivity index (χ1) is 13.7. The number of hydrogen-bond donors (Lipinski definition) is 4. The minimum atomic E-state index is -1.00. The smallest absolute Gasteiger partial charge is 0.309 e. The zero-order chi connectivity index (χ0) is 22.8. The van der Waals surface area contributed by atoms with Gasteiger partial charge in [0.05, 0.1) is 23.3 Å². The lowest BCUT2D eigenvalue weighted by molar-refractivity contribution is -0.146. The first-order valence-electron chi connectivity index (χ1n) is 11.8. The third-order valence-corrected chi connectivity index (χ3v) is 7.00. The topological polar surface area (TPSA) is 98.7 Å². The first kappa shape index (κ1) is 25.1. The maximum Gasteiger partial charge on any atom is 0.309 e. The molecule has 6 heteroatoms. The molecule has 0 bridgehead atoms. The van der Waals surface area contributed by atoms with Crippen LogP contribution in [0.1, 0.15) is 106 Å². The number of rotatable bonds is 4. The van der Waals surface area contributed by atoms with Gasteiger partial charge in [0.1, 0.15) is 0 Å². The highest BCUT2D eigenvalue weighted by atomic mass is 16.3. The van der Waals surface area contributed by atoms with Crippen LogP contribution in [0.5, 0.6) is 0 Å². The van der Waals surface area contributed by atoms with Crippen LogP contribution >= 0.6 is 0 Å². The summed E-state index contributed by atoms with van der Waals surface area (Å²) in [6, 6.07) is -1.04. The number of carbonyl (C=O) groups is 2. The second-order valence-corrected chi connectivity index (χ2v) is 11.9. The lowest BCUT2D eigenvalue weighted by atomic mass is 9.69. The Morgan fingerprint density at radius 3 is 1.13 bits per heavy atom. The molecule has 2 rings (SSSR count). The molecule has 0 aliphatic heterocycles. The monoisotopic (exact) mass is 424 g/mol. The van der Waals surface area contributed by atoms with Crippen LogP contribution in [0.3, 0.4) is 0 Å². The van der Waals surface area contributed by atoms with Gasteiger partial charge in [-0.15, -0.1) is 0 Å². The molecule has 0 aromatic carbocycles. The fourth-order valence-electron chi connectivity index (χ4n) is 5.61. The Balaban J connectivity index is 2.16. The van der Waals surface area contributed by atoms with Gasteiger partial charge in [0.15, 0.2) is 0 Å². The van der Waals surface area contributed by atoms with Crippen LogP contribution in [0.4, 0.5) is 0 Å². The molecule has 0 spiro atoms. The number of amides is 2. The van der Waals surface area contributed by atoms with E-state index in [0.717, 1.165) is 38.5 Å². The Kier molecular flexibility index (Phi) is 7.67. The molecule has 174 valence electrons. The van der Waals surface area contributed by atoms with E-state index < -0.39 is 45.9 Å². The van der Waals surface area contributed by atoms with E-state index in [9.17, 15) is 19.8 Å². The lowest BCUT2D eigenvalue weighted by Gasteiger charge is -2.47. The third kappa shape index (κ3) is 5.97.